The van der Waals surface area contributed by atoms with E-state index >= 15 is 0 Å². The number of aryl methyl sites for hydroxylation is 10. The molecule has 0 aliphatic rings. The van der Waals surface area contributed by atoms with E-state index in [0.717, 1.165) is 106 Å². The molecule has 0 bridgehead atoms. The maximum atomic E-state index is 13.2. The Bertz CT molecular complexity index is 7510. The molecular formula is C114H115LiO23S5. The Balaban J connectivity index is 0.000000195. The van der Waals surface area contributed by atoms with Gasteiger partial charge < -0.3 is 53.6 Å². The Labute approximate surface area is 851 Å². The molecule has 0 saturated carbocycles. The zero-order chi connectivity index (χ0) is 104. The van der Waals surface area contributed by atoms with Gasteiger partial charge in [0.25, 0.3) is 0 Å². The Morgan fingerprint density at radius 2 is 0.601 bits per heavy atom. The Kier molecular flexibility index (Phi) is 39.8. The summed E-state index contributed by atoms with van der Waals surface area (Å²) in [5.74, 6) is 3.47. The fourth-order valence-electron chi connectivity index (χ4n) is 15.8. The van der Waals surface area contributed by atoms with E-state index in [1.54, 1.807) is 173 Å². The molecule has 1 atom stereocenters. The van der Waals surface area contributed by atoms with Crippen molar-refractivity contribution >= 4 is 61.3 Å². The summed E-state index contributed by atoms with van der Waals surface area (Å²) in [7, 11) is -9.59. The predicted molar refractivity (Wildman–Crippen MR) is 548 cm³/mol. The number of aliphatic hydroxyl groups excluding tert-OH is 1. The SMILES string of the molecule is CC(=O)COc1cc(C)c(Cc2ccc(O)c(S(=O)(=O)c3ccccc3)c2)c(C)c1.COc1cc(C)[c-]c(C)c1.COc1cc(C)c(C(O)c2ccc(OC)c(S(=O)(=O)c3ccccc3)c2)c(C)c1.COc1cc(C)c(Cc2ccc(OC)c(S(=O)(=O)c3ccccc3)c2)c(C)c1.COc1ccc(C=O)cc1S(=O)(=O)c1ccccc1.Cc1cc(O)cc(C)c1Cc1ccc(O)c(S(=O)(=O)c2ccccc2)c1.[Li+]. The fourth-order valence-corrected chi connectivity index (χ4v) is 23.1. The maximum Gasteiger partial charge on any atom is 1.00 e. The van der Waals surface area contributed by atoms with Gasteiger partial charge in [-0.3, -0.25) is 9.59 Å². The normalized spacial score (nSPS) is 11.3. The Morgan fingerprint density at radius 1 is 0.322 bits per heavy atom. The van der Waals surface area contributed by atoms with Crippen molar-refractivity contribution < 1.29 is 124 Å². The van der Waals surface area contributed by atoms with Gasteiger partial charge in [-0.1, -0.05) is 129 Å². The first-order valence-corrected chi connectivity index (χ1v) is 52.0. The summed E-state index contributed by atoms with van der Waals surface area (Å²) in [4.78, 5) is 22.8. The van der Waals surface area contributed by atoms with Crippen molar-refractivity contribution in [2.24, 2.45) is 0 Å². The van der Waals surface area contributed by atoms with Crippen molar-refractivity contribution in [3.63, 3.8) is 0 Å². The minimum atomic E-state index is -3.83. The number of phenols is 3. The second kappa shape index (κ2) is 50.6. The number of benzene rings is 15. The molecule has 15 rings (SSSR count). The molecule has 0 heterocycles. The molecule has 1 unspecified atom stereocenters. The number of carbonyl (C=O) groups is 2. The molecule has 0 radical (unpaired) electrons. The van der Waals surface area contributed by atoms with Crippen molar-refractivity contribution in [2.75, 3.05) is 49.3 Å². The van der Waals surface area contributed by atoms with E-state index in [4.69, 9.17) is 33.2 Å². The van der Waals surface area contributed by atoms with Crippen LogP contribution in [0.1, 0.15) is 124 Å². The van der Waals surface area contributed by atoms with Gasteiger partial charge >= 0.3 is 18.9 Å². The summed E-state index contributed by atoms with van der Waals surface area (Å²) >= 11 is 0. The van der Waals surface area contributed by atoms with Gasteiger partial charge in [0.05, 0.1) is 67.1 Å². The van der Waals surface area contributed by atoms with Gasteiger partial charge in [0.15, 0.2) is 5.78 Å². The summed E-state index contributed by atoms with van der Waals surface area (Å²) < 4.78 is 166. The van der Waals surface area contributed by atoms with Crippen molar-refractivity contribution in [2.45, 2.75) is 150 Å². The Hall–Kier alpha value is -14.1. The van der Waals surface area contributed by atoms with Crippen molar-refractivity contribution in [1.29, 1.82) is 0 Å². The van der Waals surface area contributed by atoms with Crippen molar-refractivity contribution in [3.05, 3.63) is 415 Å². The van der Waals surface area contributed by atoms with Crippen LogP contribution >= 0.6 is 0 Å². The molecule has 0 aliphatic heterocycles. The van der Waals surface area contributed by atoms with Crippen LogP contribution < -0.4 is 52.0 Å². The molecule has 15 aromatic carbocycles. The minimum absolute atomic E-state index is 0. The topological polar surface area (TPSA) is 350 Å². The first-order chi connectivity index (χ1) is 67.4. The quantitative estimate of drug-likeness (QED) is 0.0201. The number of phenolic OH excluding ortho intramolecular Hbond substituents is 3. The van der Waals surface area contributed by atoms with Gasteiger partial charge in [0, 0.05) is 11.3 Å². The van der Waals surface area contributed by atoms with Crippen LogP contribution in [0.5, 0.6) is 57.5 Å². The van der Waals surface area contributed by atoms with E-state index in [2.05, 4.69) is 6.07 Å². The molecule has 0 amide bonds. The number of aliphatic hydroxyl groups is 1. The first-order valence-electron chi connectivity index (χ1n) is 44.6. The zero-order valence-corrected chi connectivity index (χ0v) is 87.0. The van der Waals surface area contributed by atoms with Crippen LogP contribution in [0.25, 0.3) is 0 Å². The average molecular weight is 2020 g/mol. The second-order valence-corrected chi connectivity index (χ2v) is 43.0. The fraction of sp³-hybridized carbons (Fsp3) is 0.193. The van der Waals surface area contributed by atoms with Crippen LogP contribution in [0, 0.1) is 75.3 Å². The predicted octanol–water partition coefficient (Wildman–Crippen LogP) is 19.0. The molecule has 0 aliphatic carbocycles. The standard InChI is InChI=1S/C24H24O5S.C23H24O5S.C23H24O4S.C21H20O4S.C14H12O4S.C9H11O.Li/c1-16-11-20(29-15-18(3)25)12-17(2)22(16)13-19-9-10-23(26)24(14-19)30(27,28)21-7-5-4-6-8-21;1-15-12-18(27-3)13-16(2)22(15)23(24)17-10-11-20(28-4)21(14-17)29(25,26)19-8-6-5-7-9-19;1-16-12-19(26-3)13-17(2)21(16)14-18-10-11-22(27-4)23(15-18)28(24,25)20-8-6-5-7-9-20;1-14-10-17(22)11-15(2)19(14)12-16-8-9-20(23)21(13-16)26(24,25)18-6-4-3-5-7-18;1-18-13-8-7-11(10-15)9-14(13)19(16,17)12-5-3-2-4-6-12;1-7-4-8(2)6-9(5-7)10-3;/h4-12,14,26H,13,15H2,1-3H3;5-14,23-24H,1-4H3;5-13,15H,14H2,1-4H3;3-11,13,22-23H,12H2,1-2H3;2-10H,1H3;5-6H,1-3H3;/q;;;;;-1;+1. The van der Waals surface area contributed by atoms with Crippen LogP contribution in [0.4, 0.5) is 0 Å². The minimum Gasteiger partial charge on any atom is -0.522 e. The molecule has 740 valence electrons. The molecule has 0 aromatic heterocycles. The van der Waals surface area contributed by atoms with Gasteiger partial charge in [-0.25, -0.2) is 42.1 Å². The second-order valence-electron chi connectivity index (χ2n) is 33.4. The van der Waals surface area contributed by atoms with Crippen LogP contribution in [-0.4, -0.2) is 124 Å². The molecule has 23 nitrogen and oxygen atoms in total. The monoisotopic (exact) mass is 2020 g/mol. The molecule has 29 heteroatoms. The molecule has 4 N–H and O–H groups in total. The number of aromatic hydroxyl groups is 3. The van der Waals surface area contributed by atoms with Gasteiger partial charge in [0.1, 0.15) is 95.2 Å². The Morgan fingerprint density at radius 3 is 0.930 bits per heavy atom. The number of ether oxygens (including phenoxy) is 7. The van der Waals surface area contributed by atoms with Crippen molar-refractivity contribution in [3.8, 4) is 57.5 Å². The summed E-state index contributed by atoms with van der Waals surface area (Å²) in [6.07, 6.45) is 1.25. The van der Waals surface area contributed by atoms with Crippen LogP contribution in [0.15, 0.2) is 352 Å². The van der Waals surface area contributed by atoms with Crippen LogP contribution in [0.3, 0.4) is 0 Å². The number of sulfone groups is 5. The smallest absolute Gasteiger partial charge is 0.522 e. The molecule has 15 aromatic rings. The third-order valence-corrected chi connectivity index (χ3v) is 32.1. The number of methoxy groups -OCH3 is 6. The first kappa shape index (κ1) is 113. The number of Topliss-reactive ketones (excluding diaryl/α,β-unsaturated/α-hetero) is 1. The number of carbonyl (C=O) groups excluding carboxylic acids is 2. The summed E-state index contributed by atoms with van der Waals surface area (Å²) in [6.45, 7) is 21.1. The van der Waals surface area contributed by atoms with E-state index in [9.17, 15) is 72.1 Å². The maximum absolute atomic E-state index is 13.2. The largest absolute Gasteiger partial charge is 1.00 e. The van der Waals surface area contributed by atoms with E-state index in [0.29, 0.717) is 48.4 Å². The van der Waals surface area contributed by atoms with Gasteiger partial charge in [0.2, 0.25) is 49.2 Å². The summed E-state index contributed by atoms with van der Waals surface area (Å²) in [5.41, 5.74) is 17.2. The third kappa shape index (κ3) is 28.7. The summed E-state index contributed by atoms with van der Waals surface area (Å²) in [6, 6.07) is 86.3. The number of hydrogen-bond donors (Lipinski definition) is 4. The number of ketones is 1. The van der Waals surface area contributed by atoms with Gasteiger partial charge in [-0.2, -0.15) is 17.2 Å². The number of rotatable bonds is 28. The van der Waals surface area contributed by atoms with Gasteiger partial charge in [-0.05, 0) is 347 Å². The molecule has 143 heavy (non-hydrogen) atoms. The molecule has 0 saturated heterocycles. The number of hydrogen-bond acceptors (Lipinski definition) is 23. The van der Waals surface area contributed by atoms with Crippen LogP contribution in [-0.2, 0) is 73.2 Å². The van der Waals surface area contributed by atoms with Crippen molar-refractivity contribution in [1.82, 2.24) is 0 Å². The van der Waals surface area contributed by atoms with E-state index in [1.807, 2.05) is 124 Å². The zero-order valence-electron chi connectivity index (χ0n) is 82.9. The van der Waals surface area contributed by atoms with Crippen LogP contribution in [0.2, 0.25) is 0 Å². The molecule has 0 spiro atoms. The van der Waals surface area contributed by atoms with E-state index in [-0.39, 0.29) is 115 Å². The number of aldehydes is 1. The molecular weight excluding hydrogens is 1900 g/mol. The molecule has 0 fully saturated rings. The van der Waals surface area contributed by atoms with E-state index in [1.165, 1.54) is 125 Å². The average Bonchev–Trinajstić information content (AvgIpc) is 0.571. The summed E-state index contributed by atoms with van der Waals surface area (Å²) in [5, 5.41) is 41.1. The van der Waals surface area contributed by atoms with Gasteiger partial charge in [-0.15, -0.1) is 12.1 Å². The third-order valence-electron chi connectivity index (χ3n) is 23.1. The van der Waals surface area contributed by atoms with E-state index < -0.39 is 55.3 Å².